The number of amides is 1. The number of benzene rings is 2. The predicted octanol–water partition coefficient (Wildman–Crippen LogP) is 4.87. The molecule has 31 heavy (non-hydrogen) atoms. The molecule has 1 unspecified atom stereocenters. The standard InChI is InChI=1S/C23H19ClN2O4S/c1-12(2)21-25-13(9-31-21)8-26-16-5-3-4-15(24)20(16)23(22(26)27)10-28-17-7-19-18(6-14(17)23)29-11-30-19/h3-7,9,12H,8,10-11H2,1-2H3. The van der Waals surface area contributed by atoms with Crippen LogP contribution in [0.25, 0.3) is 0 Å². The Morgan fingerprint density at radius 1 is 1.19 bits per heavy atom. The minimum Gasteiger partial charge on any atom is -0.491 e. The van der Waals surface area contributed by atoms with Crippen LogP contribution in [0.1, 0.15) is 41.6 Å². The molecule has 6 nitrogen and oxygen atoms in total. The van der Waals surface area contributed by atoms with E-state index in [0.29, 0.717) is 34.7 Å². The third-order valence-electron chi connectivity index (χ3n) is 6.08. The number of thiazole rings is 1. The molecule has 0 saturated carbocycles. The summed E-state index contributed by atoms with van der Waals surface area (Å²) < 4.78 is 17.1. The van der Waals surface area contributed by atoms with Crippen molar-refractivity contribution in [2.75, 3.05) is 18.3 Å². The van der Waals surface area contributed by atoms with Gasteiger partial charge in [0.1, 0.15) is 17.8 Å². The monoisotopic (exact) mass is 454 g/mol. The summed E-state index contributed by atoms with van der Waals surface area (Å²) in [6, 6.07) is 9.29. The fourth-order valence-electron chi connectivity index (χ4n) is 4.61. The Morgan fingerprint density at radius 3 is 2.77 bits per heavy atom. The number of fused-ring (bicyclic) bond motifs is 5. The maximum atomic E-state index is 14.0. The van der Waals surface area contributed by atoms with Gasteiger partial charge in [-0.15, -0.1) is 11.3 Å². The van der Waals surface area contributed by atoms with Gasteiger partial charge in [0.25, 0.3) is 0 Å². The molecule has 0 bridgehead atoms. The number of carbonyl (C=O) groups excluding carboxylic acids is 1. The van der Waals surface area contributed by atoms with E-state index in [1.54, 1.807) is 22.3 Å². The van der Waals surface area contributed by atoms with Crippen molar-refractivity contribution >= 4 is 34.5 Å². The van der Waals surface area contributed by atoms with Crippen LogP contribution in [0.5, 0.6) is 17.2 Å². The summed E-state index contributed by atoms with van der Waals surface area (Å²) in [6.07, 6.45) is 0. The van der Waals surface area contributed by atoms with Crippen molar-refractivity contribution in [3.63, 3.8) is 0 Å². The number of rotatable bonds is 3. The largest absolute Gasteiger partial charge is 0.491 e. The maximum Gasteiger partial charge on any atom is 0.246 e. The molecule has 4 heterocycles. The molecule has 0 radical (unpaired) electrons. The second kappa shape index (κ2) is 6.61. The van der Waals surface area contributed by atoms with Gasteiger partial charge < -0.3 is 19.1 Å². The van der Waals surface area contributed by atoms with Crippen LogP contribution in [0.2, 0.25) is 5.02 Å². The minimum atomic E-state index is -1.01. The predicted molar refractivity (Wildman–Crippen MR) is 118 cm³/mol. The number of ether oxygens (including phenoxy) is 3. The molecular formula is C23H19ClN2O4S. The van der Waals surface area contributed by atoms with Crippen molar-refractivity contribution in [2.45, 2.75) is 31.7 Å². The van der Waals surface area contributed by atoms with Gasteiger partial charge in [0.15, 0.2) is 11.5 Å². The smallest absolute Gasteiger partial charge is 0.246 e. The summed E-state index contributed by atoms with van der Waals surface area (Å²) in [5.41, 5.74) is 2.19. The van der Waals surface area contributed by atoms with Crippen molar-refractivity contribution in [3.8, 4) is 17.2 Å². The van der Waals surface area contributed by atoms with E-state index in [0.717, 1.165) is 27.5 Å². The topological polar surface area (TPSA) is 60.9 Å². The Balaban J connectivity index is 1.49. The zero-order valence-corrected chi connectivity index (χ0v) is 18.5. The molecule has 6 rings (SSSR count). The summed E-state index contributed by atoms with van der Waals surface area (Å²) in [7, 11) is 0. The molecule has 3 aliphatic rings. The van der Waals surface area contributed by atoms with Gasteiger partial charge in [-0.3, -0.25) is 4.79 Å². The second-order valence-corrected chi connectivity index (χ2v) is 9.55. The van der Waals surface area contributed by atoms with E-state index in [1.807, 2.05) is 29.6 Å². The van der Waals surface area contributed by atoms with E-state index in [1.165, 1.54) is 0 Å². The quantitative estimate of drug-likeness (QED) is 0.564. The van der Waals surface area contributed by atoms with Crippen LogP contribution in [0, 0.1) is 0 Å². The summed E-state index contributed by atoms with van der Waals surface area (Å²) in [6.45, 7) is 4.96. The average Bonchev–Trinajstić information content (AvgIpc) is 3.51. The molecule has 0 fully saturated rings. The van der Waals surface area contributed by atoms with Gasteiger partial charge in [-0.2, -0.15) is 0 Å². The number of anilines is 1. The van der Waals surface area contributed by atoms with E-state index < -0.39 is 5.41 Å². The van der Waals surface area contributed by atoms with E-state index >= 15 is 0 Å². The number of hydrogen-bond acceptors (Lipinski definition) is 6. The maximum absolute atomic E-state index is 14.0. The first-order valence-corrected chi connectivity index (χ1v) is 11.4. The SMILES string of the molecule is CC(C)c1nc(CN2C(=O)C3(COc4cc5c(cc43)OCO5)c3c(Cl)cccc32)cs1. The van der Waals surface area contributed by atoms with Gasteiger partial charge in [0.05, 0.1) is 22.9 Å². The van der Waals surface area contributed by atoms with Crippen molar-refractivity contribution in [1.29, 1.82) is 0 Å². The molecule has 0 saturated heterocycles. The average molecular weight is 455 g/mol. The highest BCUT2D eigenvalue weighted by molar-refractivity contribution is 7.09. The highest BCUT2D eigenvalue weighted by Crippen LogP contribution is 2.57. The molecule has 1 aromatic heterocycles. The fraction of sp³-hybridized carbons (Fsp3) is 0.304. The lowest BCUT2D eigenvalue weighted by Crippen LogP contribution is -2.42. The third-order valence-corrected chi connectivity index (χ3v) is 7.59. The summed E-state index contributed by atoms with van der Waals surface area (Å²) in [5, 5.41) is 3.63. The zero-order chi connectivity index (χ0) is 21.3. The molecule has 3 aliphatic heterocycles. The minimum absolute atomic E-state index is 0.0627. The Bertz CT molecular complexity index is 1240. The molecule has 1 amide bonds. The Morgan fingerprint density at radius 2 is 2.00 bits per heavy atom. The van der Waals surface area contributed by atoms with Gasteiger partial charge in [-0.25, -0.2) is 4.98 Å². The summed E-state index contributed by atoms with van der Waals surface area (Å²) in [5.74, 6) is 2.15. The van der Waals surface area contributed by atoms with Crippen LogP contribution in [-0.4, -0.2) is 24.3 Å². The summed E-state index contributed by atoms with van der Waals surface area (Å²) >= 11 is 8.32. The lowest BCUT2D eigenvalue weighted by molar-refractivity contribution is -0.122. The number of aromatic nitrogens is 1. The summed E-state index contributed by atoms with van der Waals surface area (Å²) in [4.78, 5) is 20.6. The molecule has 1 spiro atoms. The molecule has 1 atom stereocenters. The van der Waals surface area contributed by atoms with E-state index in [-0.39, 0.29) is 19.3 Å². The van der Waals surface area contributed by atoms with E-state index in [2.05, 4.69) is 13.8 Å². The van der Waals surface area contributed by atoms with Crippen LogP contribution in [0.4, 0.5) is 5.69 Å². The first-order valence-electron chi connectivity index (χ1n) is 10.1. The molecule has 8 heteroatoms. The van der Waals surface area contributed by atoms with Crippen LogP contribution in [0.3, 0.4) is 0 Å². The zero-order valence-electron chi connectivity index (χ0n) is 17.0. The molecule has 0 N–H and O–H groups in total. The van der Waals surface area contributed by atoms with Gasteiger partial charge >= 0.3 is 0 Å². The highest BCUT2D eigenvalue weighted by Gasteiger charge is 2.58. The van der Waals surface area contributed by atoms with Gasteiger partial charge in [-0.1, -0.05) is 31.5 Å². The number of nitrogens with zero attached hydrogens (tertiary/aromatic N) is 2. The Hall–Kier alpha value is -2.77. The first kappa shape index (κ1) is 19.0. The number of halogens is 1. The first-order chi connectivity index (χ1) is 15.0. The Kier molecular flexibility index (Phi) is 4.04. The van der Waals surface area contributed by atoms with Crippen LogP contribution in [-0.2, 0) is 16.8 Å². The molecular weight excluding hydrogens is 436 g/mol. The normalized spacial score (nSPS) is 20.5. The van der Waals surface area contributed by atoms with Crippen LogP contribution >= 0.6 is 22.9 Å². The van der Waals surface area contributed by atoms with Crippen molar-refractivity contribution in [1.82, 2.24) is 4.98 Å². The molecule has 2 aromatic carbocycles. The number of carbonyl (C=O) groups is 1. The lowest BCUT2D eigenvalue weighted by atomic mass is 9.77. The van der Waals surface area contributed by atoms with Crippen LogP contribution in [0.15, 0.2) is 35.7 Å². The molecule has 3 aromatic rings. The second-order valence-electron chi connectivity index (χ2n) is 8.25. The Labute approximate surface area is 188 Å². The third kappa shape index (κ3) is 2.56. The van der Waals surface area contributed by atoms with Gasteiger partial charge in [0.2, 0.25) is 12.7 Å². The van der Waals surface area contributed by atoms with Crippen molar-refractivity contribution < 1.29 is 19.0 Å². The fourth-order valence-corrected chi connectivity index (χ4v) is 5.77. The van der Waals surface area contributed by atoms with Crippen LogP contribution < -0.4 is 19.1 Å². The number of hydrogen-bond donors (Lipinski definition) is 0. The van der Waals surface area contributed by atoms with Crippen molar-refractivity contribution in [3.05, 3.63) is 62.6 Å². The van der Waals surface area contributed by atoms with E-state index in [9.17, 15) is 4.79 Å². The molecule has 158 valence electrons. The van der Waals surface area contributed by atoms with Gasteiger partial charge in [-0.05, 0) is 18.2 Å². The van der Waals surface area contributed by atoms with E-state index in [4.69, 9.17) is 30.8 Å². The lowest BCUT2D eigenvalue weighted by Gasteiger charge is -2.23. The van der Waals surface area contributed by atoms with Gasteiger partial charge in [0, 0.05) is 33.5 Å². The van der Waals surface area contributed by atoms with Crippen molar-refractivity contribution in [2.24, 2.45) is 0 Å². The molecule has 0 aliphatic carbocycles. The highest BCUT2D eigenvalue weighted by atomic mass is 35.5.